The van der Waals surface area contributed by atoms with Gasteiger partial charge in [0.05, 0.1) is 18.3 Å². The Morgan fingerprint density at radius 1 is 1.53 bits per heavy atom. The molecule has 0 aliphatic heterocycles. The number of rotatable bonds is 3. The number of nitrogens with one attached hydrogen (secondary N) is 1. The first-order valence-electron chi connectivity index (χ1n) is 5.04. The van der Waals surface area contributed by atoms with Crippen molar-refractivity contribution in [1.82, 2.24) is 4.98 Å². The molecule has 5 heteroatoms. The quantitative estimate of drug-likeness (QED) is 0.881. The summed E-state index contributed by atoms with van der Waals surface area (Å²) in [6.07, 6.45) is 1.62. The normalized spacial score (nSPS) is 9.94. The Hall–Kier alpha value is -2.35. The highest BCUT2D eigenvalue weighted by atomic mass is 19.1. The zero-order chi connectivity index (χ0) is 12.3. The topological polar surface area (TPSA) is 61.9 Å². The number of aromatic nitrogens is 1. The van der Waals surface area contributed by atoms with E-state index in [1.165, 1.54) is 12.1 Å². The van der Waals surface area contributed by atoms with E-state index in [0.29, 0.717) is 18.1 Å². The van der Waals surface area contributed by atoms with Crippen LogP contribution in [0.15, 0.2) is 28.8 Å². The highest BCUT2D eigenvalue weighted by Crippen LogP contribution is 2.14. The predicted octanol–water partition coefficient (Wildman–Crippen LogP) is 2.61. The summed E-state index contributed by atoms with van der Waals surface area (Å²) < 4.78 is 18.5. The molecule has 1 aromatic heterocycles. The summed E-state index contributed by atoms with van der Waals surface area (Å²) in [5, 5.41) is 11.5. The van der Waals surface area contributed by atoms with Gasteiger partial charge in [0.2, 0.25) is 5.89 Å². The van der Waals surface area contributed by atoms with Crippen molar-refractivity contribution in [2.24, 2.45) is 0 Å². The lowest BCUT2D eigenvalue weighted by Crippen LogP contribution is -2.00. The van der Waals surface area contributed by atoms with Crippen LogP contribution < -0.4 is 5.32 Å². The molecule has 4 nitrogen and oxygen atoms in total. The molecule has 0 spiro atoms. The number of halogens is 1. The van der Waals surface area contributed by atoms with Crippen LogP contribution in [0.5, 0.6) is 0 Å². The molecular weight excluding hydrogens is 221 g/mol. The van der Waals surface area contributed by atoms with Gasteiger partial charge in [-0.25, -0.2) is 9.37 Å². The maximum absolute atomic E-state index is 13.3. The van der Waals surface area contributed by atoms with Gasteiger partial charge in [0.15, 0.2) is 0 Å². The Morgan fingerprint density at radius 3 is 2.94 bits per heavy atom. The molecule has 0 fully saturated rings. The molecule has 0 aliphatic rings. The summed E-state index contributed by atoms with van der Waals surface area (Å²) in [4.78, 5) is 4.01. The molecule has 1 N–H and O–H groups in total. The van der Waals surface area contributed by atoms with E-state index in [9.17, 15) is 4.39 Å². The number of benzene rings is 1. The Labute approximate surface area is 97.7 Å². The van der Waals surface area contributed by atoms with Crippen LogP contribution in [0.25, 0.3) is 0 Å². The van der Waals surface area contributed by atoms with Crippen molar-refractivity contribution in [2.45, 2.75) is 13.5 Å². The van der Waals surface area contributed by atoms with Crippen molar-refractivity contribution < 1.29 is 8.81 Å². The van der Waals surface area contributed by atoms with Crippen molar-refractivity contribution in [3.63, 3.8) is 0 Å². The summed E-state index contributed by atoms with van der Waals surface area (Å²) in [6, 6.07) is 6.10. The first kappa shape index (κ1) is 11.1. The molecule has 0 saturated carbocycles. The lowest BCUT2D eigenvalue weighted by molar-refractivity contribution is 0.479. The summed E-state index contributed by atoms with van der Waals surface area (Å²) in [5.74, 6) is 0.723. The monoisotopic (exact) mass is 231 g/mol. The van der Waals surface area contributed by atoms with Crippen molar-refractivity contribution in [1.29, 1.82) is 5.26 Å². The van der Waals surface area contributed by atoms with Crippen LogP contribution in [0.3, 0.4) is 0 Å². The molecule has 1 heterocycles. The van der Waals surface area contributed by atoms with Crippen LogP contribution in [0.2, 0.25) is 0 Å². The lowest BCUT2D eigenvalue weighted by atomic mass is 10.2. The van der Waals surface area contributed by atoms with E-state index in [1.54, 1.807) is 25.3 Å². The number of nitriles is 1. The van der Waals surface area contributed by atoms with Crippen LogP contribution in [0.1, 0.15) is 17.2 Å². The third-order valence-corrected chi connectivity index (χ3v) is 2.20. The van der Waals surface area contributed by atoms with Crippen LogP contribution >= 0.6 is 0 Å². The fourth-order valence-electron chi connectivity index (χ4n) is 1.38. The second kappa shape index (κ2) is 4.66. The second-order valence-electron chi connectivity index (χ2n) is 3.52. The number of nitrogens with zero attached hydrogens (tertiary/aromatic N) is 2. The summed E-state index contributed by atoms with van der Waals surface area (Å²) in [7, 11) is 0. The van der Waals surface area contributed by atoms with Crippen molar-refractivity contribution >= 4 is 5.69 Å². The number of hydrogen-bond donors (Lipinski definition) is 1. The maximum atomic E-state index is 13.3. The van der Waals surface area contributed by atoms with Crippen LogP contribution in [-0.4, -0.2) is 4.98 Å². The number of oxazole rings is 1. The molecule has 0 amide bonds. The Morgan fingerprint density at radius 2 is 2.35 bits per heavy atom. The van der Waals surface area contributed by atoms with Crippen LogP contribution in [0.4, 0.5) is 10.1 Å². The van der Waals surface area contributed by atoms with Crippen LogP contribution in [0, 0.1) is 24.1 Å². The van der Waals surface area contributed by atoms with Crippen LogP contribution in [-0.2, 0) is 6.54 Å². The van der Waals surface area contributed by atoms with Gasteiger partial charge in [0.25, 0.3) is 0 Å². The minimum Gasteiger partial charge on any atom is -0.444 e. The smallest absolute Gasteiger partial charge is 0.213 e. The average molecular weight is 231 g/mol. The first-order chi connectivity index (χ1) is 8.19. The zero-order valence-electron chi connectivity index (χ0n) is 9.20. The fraction of sp³-hybridized carbons (Fsp3) is 0.167. The molecule has 2 rings (SSSR count). The number of aryl methyl sites for hydroxylation is 1. The van der Waals surface area contributed by atoms with E-state index in [4.69, 9.17) is 9.68 Å². The van der Waals surface area contributed by atoms with E-state index < -0.39 is 5.82 Å². The van der Waals surface area contributed by atoms with Gasteiger partial charge >= 0.3 is 0 Å². The Balaban J connectivity index is 2.05. The molecule has 0 unspecified atom stereocenters. The van der Waals surface area contributed by atoms with E-state index >= 15 is 0 Å². The molecule has 17 heavy (non-hydrogen) atoms. The standard InChI is InChI=1S/C12H10FN3O/c1-8-6-16-12(17-8)7-15-10-3-2-9(5-14)11(13)4-10/h2-4,6,15H,7H2,1H3. The summed E-state index contributed by atoms with van der Waals surface area (Å²) in [5.41, 5.74) is 0.611. The minimum absolute atomic E-state index is 0.0301. The van der Waals surface area contributed by atoms with Gasteiger partial charge < -0.3 is 9.73 Å². The van der Waals surface area contributed by atoms with Crippen molar-refractivity contribution in [3.05, 3.63) is 47.4 Å². The third-order valence-electron chi connectivity index (χ3n) is 2.20. The summed E-state index contributed by atoms with van der Waals surface area (Å²) in [6.45, 7) is 2.18. The van der Waals surface area contributed by atoms with E-state index in [2.05, 4.69) is 10.3 Å². The summed E-state index contributed by atoms with van der Waals surface area (Å²) >= 11 is 0. The maximum Gasteiger partial charge on any atom is 0.213 e. The van der Waals surface area contributed by atoms with E-state index in [1.807, 2.05) is 0 Å². The second-order valence-corrected chi connectivity index (χ2v) is 3.52. The fourth-order valence-corrected chi connectivity index (χ4v) is 1.38. The molecule has 0 radical (unpaired) electrons. The molecule has 1 aromatic carbocycles. The molecule has 0 atom stereocenters. The number of hydrogen-bond acceptors (Lipinski definition) is 4. The highest BCUT2D eigenvalue weighted by molar-refractivity contribution is 5.48. The van der Waals surface area contributed by atoms with Gasteiger partial charge in [-0.05, 0) is 25.1 Å². The van der Waals surface area contributed by atoms with Gasteiger partial charge in [-0.2, -0.15) is 5.26 Å². The van der Waals surface area contributed by atoms with Crippen molar-refractivity contribution in [3.8, 4) is 6.07 Å². The predicted molar refractivity (Wildman–Crippen MR) is 59.7 cm³/mol. The largest absolute Gasteiger partial charge is 0.444 e. The minimum atomic E-state index is -0.541. The molecule has 0 aliphatic carbocycles. The van der Waals surface area contributed by atoms with Gasteiger partial charge in [-0.1, -0.05) is 0 Å². The SMILES string of the molecule is Cc1cnc(CNc2ccc(C#N)c(F)c2)o1. The van der Waals surface area contributed by atoms with E-state index in [-0.39, 0.29) is 5.56 Å². The molecule has 0 bridgehead atoms. The Bertz CT molecular complexity index is 571. The van der Waals surface area contributed by atoms with Gasteiger partial charge in [0.1, 0.15) is 17.6 Å². The molecule has 86 valence electrons. The first-order valence-corrected chi connectivity index (χ1v) is 5.04. The third kappa shape index (κ3) is 2.61. The van der Waals surface area contributed by atoms with Gasteiger partial charge in [-0.15, -0.1) is 0 Å². The van der Waals surface area contributed by atoms with Gasteiger partial charge in [-0.3, -0.25) is 0 Å². The number of anilines is 1. The highest BCUT2D eigenvalue weighted by Gasteiger charge is 2.04. The average Bonchev–Trinajstić information content (AvgIpc) is 2.73. The molecule has 0 saturated heterocycles. The van der Waals surface area contributed by atoms with E-state index in [0.717, 1.165) is 5.76 Å². The lowest BCUT2D eigenvalue weighted by Gasteiger charge is -2.04. The van der Waals surface area contributed by atoms with Gasteiger partial charge in [0, 0.05) is 5.69 Å². The molecule has 2 aromatic rings. The molecular formula is C12H10FN3O. The Kier molecular flexibility index (Phi) is 3.06. The zero-order valence-corrected chi connectivity index (χ0v) is 9.20. The van der Waals surface area contributed by atoms with Crippen molar-refractivity contribution in [2.75, 3.05) is 5.32 Å².